The Bertz CT molecular complexity index is 490. The maximum Gasteiger partial charge on any atom is 0.225 e. The number of aliphatic hydroxyl groups excluding tert-OH is 2. The van der Waals surface area contributed by atoms with Gasteiger partial charge in [0.05, 0.1) is 18.2 Å². The summed E-state index contributed by atoms with van der Waals surface area (Å²) in [5.41, 5.74) is -0.226. The molecule has 1 spiro atoms. The first-order chi connectivity index (χ1) is 10.9. The second-order valence-corrected chi connectivity index (χ2v) is 7.52. The van der Waals surface area contributed by atoms with Crippen molar-refractivity contribution in [2.75, 3.05) is 39.3 Å². The fourth-order valence-electron chi connectivity index (χ4n) is 4.32. The molecule has 0 saturated carbocycles. The van der Waals surface area contributed by atoms with E-state index in [1.54, 1.807) is 0 Å². The summed E-state index contributed by atoms with van der Waals surface area (Å²) in [6.07, 6.45) is 0.447. The number of likely N-dealkylation sites (tertiary alicyclic amines) is 1. The first-order valence-electron chi connectivity index (χ1n) is 8.48. The fraction of sp³-hybridized carbons (Fsp3) is 0.875. The van der Waals surface area contributed by atoms with Crippen molar-refractivity contribution < 1.29 is 19.8 Å². The minimum absolute atomic E-state index is 0.0250. The molecule has 2 unspecified atom stereocenters. The van der Waals surface area contributed by atoms with Crippen molar-refractivity contribution in [2.24, 2.45) is 5.92 Å². The van der Waals surface area contributed by atoms with Gasteiger partial charge in [-0.1, -0.05) is 13.8 Å². The van der Waals surface area contributed by atoms with E-state index in [-0.39, 0.29) is 48.4 Å². The summed E-state index contributed by atoms with van der Waals surface area (Å²) in [6.45, 7) is 6.70. The van der Waals surface area contributed by atoms with Crippen LogP contribution in [0.5, 0.6) is 0 Å². The molecule has 7 nitrogen and oxygen atoms in total. The summed E-state index contributed by atoms with van der Waals surface area (Å²) >= 11 is 0. The molecule has 23 heavy (non-hydrogen) atoms. The number of nitrogens with zero attached hydrogens (tertiary/aromatic N) is 3. The number of carbonyl (C=O) groups is 2. The minimum Gasteiger partial charge on any atom is -0.396 e. The normalized spacial score (nSPS) is 29.8. The molecule has 0 aromatic rings. The zero-order valence-electron chi connectivity index (χ0n) is 13.9. The number of fused-ring (bicyclic) bond motifs is 2. The molecule has 0 aliphatic carbocycles. The Morgan fingerprint density at radius 2 is 1.83 bits per heavy atom. The summed E-state index contributed by atoms with van der Waals surface area (Å²) in [4.78, 5) is 30.4. The summed E-state index contributed by atoms with van der Waals surface area (Å²) < 4.78 is 0. The van der Waals surface area contributed by atoms with Crippen molar-refractivity contribution in [3.05, 3.63) is 0 Å². The summed E-state index contributed by atoms with van der Waals surface area (Å²) in [7, 11) is 0. The van der Waals surface area contributed by atoms with Crippen LogP contribution in [0.25, 0.3) is 0 Å². The highest BCUT2D eigenvalue weighted by atomic mass is 16.3. The van der Waals surface area contributed by atoms with Gasteiger partial charge >= 0.3 is 0 Å². The number of piperazine rings is 1. The van der Waals surface area contributed by atoms with Gasteiger partial charge in [0.1, 0.15) is 0 Å². The minimum atomic E-state index is -0.361. The standard InChI is InChI=1S/C16H27N3O4/c1-11(2)15(23)18-9-16(10-18)8-17(14(22)3-4-20)6-12-5-13(21)7-19(12)16/h11-13,20-21H,3-10H2,1-2H3. The predicted molar refractivity (Wildman–Crippen MR) is 83.5 cm³/mol. The van der Waals surface area contributed by atoms with Gasteiger partial charge in [-0.2, -0.15) is 0 Å². The topological polar surface area (TPSA) is 84.3 Å². The maximum atomic E-state index is 12.2. The quantitative estimate of drug-likeness (QED) is 0.687. The van der Waals surface area contributed by atoms with Crippen molar-refractivity contribution in [1.82, 2.24) is 14.7 Å². The van der Waals surface area contributed by atoms with Crippen LogP contribution in [0.3, 0.4) is 0 Å². The number of aliphatic hydroxyl groups is 2. The Hall–Kier alpha value is -1.18. The Balaban J connectivity index is 1.75. The molecule has 0 bridgehead atoms. The van der Waals surface area contributed by atoms with Crippen LogP contribution in [-0.2, 0) is 9.59 Å². The van der Waals surface area contributed by atoms with Crippen LogP contribution >= 0.6 is 0 Å². The van der Waals surface area contributed by atoms with Gasteiger partial charge in [-0.3, -0.25) is 14.5 Å². The molecule has 3 heterocycles. The Morgan fingerprint density at radius 3 is 2.43 bits per heavy atom. The highest BCUT2D eigenvalue weighted by molar-refractivity contribution is 5.80. The van der Waals surface area contributed by atoms with E-state index < -0.39 is 0 Å². The molecule has 3 saturated heterocycles. The van der Waals surface area contributed by atoms with Crippen LogP contribution in [0.2, 0.25) is 0 Å². The van der Waals surface area contributed by atoms with E-state index in [1.165, 1.54) is 0 Å². The SMILES string of the molecule is CC(C)C(=O)N1CC2(CN(C(=O)CCO)CC3CC(O)CN32)C1. The number of hydrogen-bond donors (Lipinski definition) is 2. The molecule has 0 aromatic heterocycles. The predicted octanol–water partition coefficient (Wildman–Crippen LogP) is -1.12. The molecule has 3 aliphatic rings. The third kappa shape index (κ3) is 2.86. The third-order valence-corrected chi connectivity index (χ3v) is 5.37. The van der Waals surface area contributed by atoms with Gasteiger partial charge in [0, 0.05) is 51.1 Å². The van der Waals surface area contributed by atoms with Crippen molar-refractivity contribution in [2.45, 2.75) is 44.4 Å². The molecule has 7 heteroatoms. The average molecular weight is 325 g/mol. The molecule has 2 N–H and O–H groups in total. The Kier molecular flexibility index (Phi) is 4.37. The maximum absolute atomic E-state index is 12.2. The van der Waals surface area contributed by atoms with Gasteiger partial charge in [-0.05, 0) is 6.42 Å². The largest absolute Gasteiger partial charge is 0.396 e. The molecule has 2 atom stereocenters. The van der Waals surface area contributed by atoms with Crippen LogP contribution in [-0.4, -0.2) is 93.7 Å². The lowest BCUT2D eigenvalue weighted by atomic mass is 9.83. The monoisotopic (exact) mass is 325 g/mol. The first kappa shape index (κ1) is 16.7. The summed E-state index contributed by atoms with van der Waals surface area (Å²) in [5, 5.41) is 19.1. The van der Waals surface area contributed by atoms with E-state index in [2.05, 4.69) is 4.90 Å². The molecule has 2 amide bonds. The fourth-order valence-corrected chi connectivity index (χ4v) is 4.32. The van der Waals surface area contributed by atoms with Gasteiger partial charge in [-0.15, -0.1) is 0 Å². The molecular weight excluding hydrogens is 298 g/mol. The molecule has 3 rings (SSSR count). The van der Waals surface area contributed by atoms with Crippen molar-refractivity contribution in [1.29, 1.82) is 0 Å². The van der Waals surface area contributed by atoms with E-state index >= 15 is 0 Å². The number of β-amino-alcohol motifs (C(OH)–C–C–N with tert-alkyl or cyclic N) is 1. The number of carbonyl (C=O) groups excluding carboxylic acids is 2. The Labute approximate surface area is 136 Å². The van der Waals surface area contributed by atoms with E-state index in [9.17, 15) is 14.7 Å². The van der Waals surface area contributed by atoms with Crippen LogP contribution < -0.4 is 0 Å². The Morgan fingerprint density at radius 1 is 1.17 bits per heavy atom. The zero-order chi connectivity index (χ0) is 16.8. The second-order valence-electron chi connectivity index (χ2n) is 7.52. The van der Waals surface area contributed by atoms with Gasteiger partial charge in [0.25, 0.3) is 0 Å². The van der Waals surface area contributed by atoms with E-state index in [1.807, 2.05) is 23.6 Å². The number of hydrogen-bond acceptors (Lipinski definition) is 5. The van der Waals surface area contributed by atoms with Crippen LogP contribution in [0.1, 0.15) is 26.7 Å². The van der Waals surface area contributed by atoms with E-state index in [4.69, 9.17) is 5.11 Å². The first-order valence-corrected chi connectivity index (χ1v) is 8.48. The smallest absolute Gasteiger partial charge is 0.225 e. The van der Waals surface area contributed by atoms with E-state index in [0.29, 0.717) is 39.1 Å². The molecule has 0 radical (unpaired) electrons. The molecular formula is C16H27N3O4. The second kappa shape index (κ2) is 6.03. The summed E-state index contributed by atoms with van der Waals surface area (Å²) in [5.74, 6) is 0.0790. The number of amides is 2. The highest BCUT2D eigenvalue weighted by Crippen LogP contribution is 2.39. The van der Waals surface area contributed by atoms with Crippen molar-refractivity contribution >= 4 is 11.8 Å². The average Bonchev–Trinajstić information content (AvgIpc) is 2.83. The van der Waals surface area contributed by atoms with Gasteiger partial charge in [0.2, 0.25) is 11.8 Å². The molecule has 0 aromatic carbocycles. The lowest BCUT2D eigenvalue weighted by molar-refractivity contribution is -0.164. The molecule has 130 valence electrons. The van der Waals surface area contributed by atoms with Crippen LogP contribution in [0.15, 0.2) is 0 Å². The van der Waals surface area contributed by atoms with Crippen LogP contribution in [0.4, 0.5) is 0 Å². The lowest BCUT2D eigenvalue weighted by Crippen LogP contribution is -2.79. The lowest BCUT2D eigenvalue weighted by Gasteiger charge is -2.61. The highest BCUT2D eigenvalue weighted by Gasteiger charge is 2.57. The number of rotatable bonds is 3. The zero-order valence-corrected chi connectivity index (χ0v) is 13.9. The van der Waals surface area contributed by atoms with Crippen LogP contribution in [0, 0.1) is 5.92 Å². The summed E-state index contributed by atoms with van der Waals surface area (Å²) in [6, 6.07) is 0.151. The third-order valence-electron chi connectivity index (χ3n) is 5.37. The molecule has 3 aliphatic heterocycles. The van der Waals surface area contributed by atoms with Crippen molar-refractivity contribution in [3.8, 4) is 0 Å². The van der Waals surface area contributed by atoms with Gasteiger partial charge in [0.15, 0.2) is 0 Å². The van der Waals surface area contributed by atoms with Crippen molar-refractivity contribution in [3.63, 3.8) is 0 Å². The molecule has 3 fully saturated rings. The van der Waals surface area contributed by atoms with E-state index in [0.717, 1.165) is 0 Å². The van der Waals surface area contributed by atoms with Gasteiger partial charge in [-0.25, -0.2) is 0 Å². The van der Waals surface area contributed by atoms with Gasteiger partial charge < -0.3 is 20.0 Å².